The van der Waals surface area contributed by atoms with E-state index in [1.807, 2.05) is 0 Å². The molecule has 0 aromatic rings. The largest absolute Gasteiger partial charge is 0.290 e. The molecule has 0 amide bonds. The Kier molecular flexibility index (Phi) is 3.60. The van der Waals surface area contributed by atoms with E-state index in [-0.39, 0.29) is 23.4 Å². The van der Waals surface area contributed by atoms with E-state index in [2.05, 4.69) is 12.7 Å². The zero-order valence-electron chi connectivity index (χ0n) is 10.3. The Balaban J connectivity index is 2.14. The van der Waals surface area contributed by atoms with Crippen LogP contribution in [0.1, 0.15) is 51.4 Å². The van der Waals surface area contributed by atoms with Crippen molar-refractivity contribution in [3.63, 3.8) is 0 Å². The van der Waals surface area contributed by atoms with Gasteiger partial charge in [-0.3, -0.25) is 9.59 Å². The standard InChI is InChI=1S/C15H20O2/c1-2-6-13(16)14(17)12-7-5-10-15(11-12)8-3-4-9-15/h2,11H,1,3-10H2. The summed E-state index contributed by atoms with van der Waals surface area (Å²) < 4.78 is 0. The monoisotopic (exact) mass is 232 g/mol. The van der Waals surface area contributed by atoms with Gasteiger partial charge in [0, 0.05) is 6.42 Å². The quantitative estimate of drug-likeness (QED) is 0.550. The van der Waals surface area contributed by atoms with Crippen LogP contribution in [0.2, 0.25) is 0 Å². The van der Waals surface area contributed by atoms with E-state index in [1.54, 1.807) is 0 Å². The van der Waals surface area contributed by atoms with E-state index in [9.17, 15) is 9.59 Å². The fourth-order valence-electron chi connectivity index (χ4n) is 3.20. The number of ketones is 2. The summed E-state index contributed by atoms with van der Waals surface area (Å²) in [7, 11) is 0. The third-order valence-corrected chi connectivity index (χ3v) is 4.08. The molecule has 2 aliphatic rings. The lowest BCUT2D eigenvalue weighted by atomic mass is 9.74. The highest BCUT2D eigenvalue weighted by Crippen LogP contribution is 2.47. The molecule has 1 spiro atoms. The number of hydrogen-bond donors (Lipinski definition) is 0. The van der Waals surface area contributed by atoms with Crippen LogP contribution in [0.4, 0.5) is 0 Å². The predicted octanol–water partition coefficient (Wildman–Crippen LogP) is 3.37. The second kappa shape index (κ2) is 4.99. The van der Waals surface area contributed by atoms with E-state index in [0.717, 1.165) is 18.4 Å². The summed E-state index contributed by atoms with van der Waals surface area (Å²) in [4.78, 5) is 23.5. The van der Waals surface area contributed by atoms with Crippen LogP contribution in [0.3, 0.4) is 0 Å². The summed E-state index contributed by atoms with van der Waals surface area (Å²) in [6, 6.07) is 0. The van der Waals surface area contributed by atoms with Crippen LogP contribution >= 0.6 is 0 Å². The lowest BCUT2D eigenvalue weighted by molar-refractivity contribution is -0.134. The molecule has 0 aliphatic heterocycles. The maximum Gasteiger partial charge on any atom is 0.224 e. The highest BCUT2D eigenvalue weighted by atomic mass is 16.2. The molecule has 2 nitrogen and oxygen atoms in total. The molecule has 2 rings (SSSR count). The SMILES string of the molecule is C=CCC(=O)C(=O)C1=CC2(CCCC2)CCC1. The van der Waals surface area contributed by atoms with Crippen molar-refractivity contribution in [3.05, 3.63) is 24.3 Å². The number of allylic oxidation sites excluding steroid dienone is 3. The van der Waals surface area contributed by atoms with Crippen LogP contribution in [-0.4, -0.2) is 11.6 Å². The minimum absolute atomic E-state index is 0.170. The Morgan fingerprint density at radius 2 is 1.88 bits per heavy atom. The van der Waals surface area contributed by atoms with Gasteiger partial charge in [0.05, 0.1) is 0 Å². The number of rotatable bonds is 4. The van der Waals surface area contributed by atoms with Gasteiger partial charge in [-0.2, -0.15) is 0 Å². The van der Waals surface area contributed by atoms with Crippen molar-refractivity contribution in [2.75, 3.05) is 0 Å². The molecule has 0 N–H and O–H groups in total. The molecule has 0 saturated heterocycles. The van der Waals surface area contributed by atoms with Crippen molar-refractivity contribution in [1.29, 1.82) is 0 Å². The topological polar surface area (TPSA) is 34.1 Å². The third kappa shape index (κ3) is 2.56. The molecule has 17 heavy (non-hydrogen) atoms. The van der Waals surface area contributed by atoms with Gasteiger partial charge in [-0.15, -0.1) is 6.58 Å². The molecule has 0 unspecified atom stereocenters. The first-order chi connectivity index (χ1) is 8.17. The molecule has 0 heterocycles. The summed E-state index contributed by atoms with van der Waals surface area (Å²) >= 11 is 0. The first-order valence-corrected chi connectivity index (χ1v) is 6.57. The second-order valence-electron chi connectivity index (χ2n) is 5.34. The molecular formula is C15H20O2. The highest BCUT2D eigenvalue weighted by molar-refractivity contribution is 6.43. The van der Waals surface area contributed by atoms with Gasteiger partial charge in [-0.1, -0.05) is 25.0 Å². The lowest BCUT2D eigenvalue weighted by Gasteiger charge is -2.30. The van der Waals surface area contributed by atoms with Gasteiger partial charge in [0.25, 0.3) is 0 Å². The van der Waals surface area contributed by atoms with E-state index in [0.29, 0.717) is 0 Å². The van der Waals surface area contributed by atoms with E-state index in [1.165, 1.54) is 38.2 Å². The molecule has 2 aliphatic carbocycles. The van der Waals surface area contributed by atoms with Crippen molar-refractivity contribution in [1.82, 2.24) is 0 Å². The van der Waals surface area contributed by atoms with E-state index < -0.39 is 0 Å². The molecule has 0 bridgehead atoms. The number of carbonyl (C=O) groups is 2. The Morgan fingerprint density at radius 3 is 2.53 bits per heavy atom. The summed E-state index contributed by atoms with van der Waals surface area (Å²) in [5.41, 5.74) is 1.02. The Hall–Kier alpha value is -1.18. The van der Waals surface area contributed by atoms with Crippen LogP contribution in [-0.2, 0) is 9.59 Å². The molecule has 0 radical (unpaired) electrons. The van der Waals surface area contributed by atoms with Crippen LogP contribution in [0.15, 0.2) is 24.3 Å². The second-order valence-corrected chi connectivity index (χ2v) is 5.34. The number of carbonyl (C=O) groups excluding carboxylic acids is 2. The van der Waals surface area contributed by atoms with Crippen LogP contribution in [0, 0.1) is 5.41 Å². The zero-order valence-corrected chi connectivity index (χ0v) is 10.3. The van der Waals surface area contributed by atoms with Gasteiger partial charge in [0.15, 0.2) is 0 Å². The predicted molar refractivity (Wildman–Crippen MR) is 67.7 cm³/mol. The molecule has 0 atom stereocenters. The van der Waals surface area contributed by atoms with Crippen molar-refractivity contribution in [2.45, 2.75) is 51.4 Å². The number of hydrogen-bond acceptors (Lipinski definition) is 2. The summed E-state index contributed by atoms with van der Waals surface area (Å²) in [6.45, 7) is 3.51. The molecule has 1 fully saturated rings. The van der Waals surface area contributed by atoms with Crippen molar-refractivity contribution in [3.8, 4) is 0 Å². The maximum atomic E-state index is 12.0. The summed E-state index contributed by atoms with van der Waals surface area (Å²) in [5.74, 6) is -0.572. The van der Waals surface area contributed by atoms with Gasteiger partial charge in [0.1, 0.15) is 0 Å². The fourth-order valence-corrected chi connectivity index (χ4v) is 3.20. The Morgan fingerprint density at radius 1 is 1.24 bits per heavy atom. The first kappa shape index (κ1) is 12.3. The van der Waals surface area contributed by atoms with Gasteiger partial charge < -0.3 is 0 Å². The molecular weight excluding hydrogens is 212 g/mol. The number of Topliss-reactive ketones (excluding diaryl/α,β-unsaturated/α-hetero) is 2. The van der Waals surface area contributed by atoms with Crippen molar-refractivity contribution < 1.29 is 9.59 Å². The van der Waals surface area contributed by atoms with Crippen molar-refractivity contribution in [2.24, 2.45) is 5.41 Å². The van der Waals surface area contributed by atoms with Gasteiger partial charge in [-0.05, 0) is 43.1 Å². The average molecular weight is 232 g/mol. The van der Waals surface area contributed by atoms with Crippen molar-refractivity contribution >= 4 is 11.6 Å². The average Bonchev–Trinajstić information content (AvgIpc) is 2.76. The first-order valence-electron chi connectivity index (χ1n) is 6.57. The van der Waals surface area contributed by atoms with Crippen LogP contribution < -0.4 is 0 Å². The van der Waals surface area contributed by atoms with Gasteiger partial charge in [-0.25, -0.2) is 0 Å². The maximum absolute atomic E-state index is 12.0. The van der Waals surface area contributed by atoms with Crippen LogP contribution in [0.5, 0.6) is 0 Å². The lowest BCUT2D eigenvalue weighted by Crippen LogP contribution is -2.24. The normalized spacial score (nSPS) is 22.2. The Labute approximate surface area is 103 Å². The molecule has 92 valence electrons. The zero-order chi connectivity index (χ0) is 12.3. The molecule has 0 aromatic carbocycles. The minimum atomic E-state index is -0.304. The van der Waals surface area contributed by atoms with Crippen LogP contribution in [0.25, 0.3) is 0 Å². The third-order valence-electron chi connectivity index (χ3n) is 4.08. The molecule has 1 saturated carbocycles. The van der Waals surface area contributed by atoms with E-state index in [4.69, 9.17) is 0 Å². The molecule has 0 aromatic heterocycles. The van der Waals surface area contributed by atoms with Gasteiger partial charge >= 0.3 is 0 Å². The van der Waals surface area contributed by atoms with E-state index >= 15 is 0 Å². The molecule has 2 heteroatoms. The Bertz CT molecular complexity index is 370. The summed E-state index contributed by atoms with van der Waals surface area (Å²) in [5, 5.41) is 0. The summed E-state index contributed by atoms with van der Waals surface area (Å²) in [6.07, 6.45) is 11.8. The highest BCUT2D eigenvalue weighted by Gasteiger charge is 2.35. The van der Waals surface area contributed by atoms with Gasteiger partial charge in [0.2, 0.25) is 11.6 Å². The minimum Gasteiger partial charge on any atom is -0.290 e. The smallest absolute Gasteiger partial charge is 0.224 e. The fraction of sp³-hybridized carbons (Fsp3) is 0.600.